The molecule has 3 rings (SSSR count). The highest BCUT2D eigenvalue weighted by Crippen LogP contribution is 2.25. The number of amides is 1. The Labute approximate surface area is 160 Å². The van der Waals surface area contributed by atoms with E-state index in [9.17, 15) is 4.79 Å². The lowest BCUT2D eigenvalue weighted by molar-refractivity contribution is -0.902. The van der Waals surface area contributed by atoms with Crippen LogP contribution < -0.4 is 4.90 Å². The molecule has 1 aliphatic heterocycles. The molecular weight excluding hydrogens is 348 g/mol. The first kappa shape index (κ1) is 18.9. The van der Waals surface area contributed by atoms with Crippen LogP contribution in [0.15, 0.2) is 24.3 Å². The van der Waals surface area contributed by atoms with Crippen LogP contribution in [0.2, 0.25) is 5.02 Å². The van der Waals surface area contributed by atoms with Crippen molar-refractivity contribution in [3.63, 3.8) is 0 Å². The lowest BCUT2D eigenvalue weighted by atomic mass is 10.1. The van der Waals surface area contributed by atoms with Crippen molar-refractivity contribution in [2.75, 3.05) is 32.7 Å². The van der Waals surface area contributed by atoms with E-state index in [0.29, 0.717) is 5.02 Å². The fourth-order valence-corrected chi connectivity index (χ4v) is 3.86. The van der Waals surface area contributed by atoms with Crippen LogP contribution in [0.3, 0.4) is 0 Å². The quantitative estimate of drug-likeness (QED) is 0.870. The number of para-hydroxylation sites is 1. The van der Waals surface area contributed by atoms with Gasteiger partial charge in [0, 0.05) is 0 Å². The number of likely N-dealkylation sites (N-methyl/N-ethyl adjacent to an activating group) is 1. The van der Waals surface area contributed by atoms with Crippen LogP contribution in [0.5, 0.6) is 0 Å². The lowest BCUT2D eigenvalue weighted by Crippen LogP contribution is -3.14. The number of piperazine rings is 1. The van der Waals surface area contributed by atoms with Crippen LogP contribution in [0.4, 0.5) is 0 Å². The molecule has 2 heterocycles. The number of rotatable bonds is 5. The Hall–Kier alpha value is -1.85. The number of halogens is 1. The number of aryl methyl sites for hydroxylation is 1. The molecule has 0 atom stereocenters. The highest BCUT2D eigenvalue weighted by Gasteiger charge is 2.29. The Morgan fingerprint density at radius 2 is 1.92 bits per heavy atom. The number of quaternary nitrogens is 1. The van der Waals surface area contributed by atoms with E-state index in [1.807, 2.05) is 40.8 Å². The molecule has 1 saturated heterocycles. The first-order chi connectivity index (χ1) is 12.6. The maximum atomic E-state index is 13.3. The Bertz CT molecular complexity index is 778. The molecule has 1 fully saturated rings. The molecule has 1 amide bonds. The van der Waals surface area contributed by atoms with Gasteiger partial charge in [0.2, 0.25) is 0 Å². The summed E-state index contributed by atoms with van der Waals surface area (Å²) in [6.45, 7) is 11.1. The van der Waals surface area contributed by atoms with Gasteiger partial charge in [-0.05, 0) is 32.4 Å². The molecule has 1 aromatic heterocycles. The maximum Gasteiger partial charge on any atom is 0.258 e. The molecule has 0 radical (unpaired) electrons. The van der Waals surface area contributed by atoms with E-state index in [2.05, 4.69) is 13.8 Å². The van der Waals surface area contributed by atoms with E-state index in [0.717, 1.165) is 68.2 Å². The summed E-state index contributed by atoms with van der Waals surface area (Å²) in [6, 6.07) is 7.64. The van der Waals surface area contributed by atoms with Crippen LogP contribution in [-0.4, -0.2) is 53.3 Å². The molecule has 1 N–H and O–H groups in total. The molecule has 1 aliphatic rings. The van der Waals surface area contributed by atoms with E-state index in [1.165, 1.54) is 0 Å². The zero-order valence-electron chi connectivity index (χ0n) is 15.9. The van der Waals surface area contributed by atoms with Crippen molar-refractivity contribution in [2.45, 2.75) is 33.6 Å². The molecule has 5 nitrogen and oxygen atoms in total. The van der Waals surface area contributed by atoms with E-state index in [4.69, 9.17) is 16.7 Å². The summed E-state index contributed by atoms with van der Waals surface area (Å²) in [5.74, 6) is 0.111. The Kier molecular flexibility index (Phi) is 5.99. The fourth-order valence-electron chi connectivity index (χ4n) is 3.65. The maximum absolute atomic E-state index is 13.3. The predicted octanol–water partition coefficient (Wildman–Crippen LogP) is 2.15. The Morgan fingerprint density at radius 3 is 2.54 bits per heavy atom. The number of nitrogens with zero attached hydrogens (tertiary/aromatic N) is 3. The molecule has 6 heteroatoms. The highest BCUT2D eigenvalue weighted by atomic mass is 35.5. The zero-order chi connectivity index (χ0) is 18.7. The van der Waals surface area contributed by atoms with Gasteiger partial charge in [-0.15, -0.1) is 0 Å². The van der Waals surface area contributed by atoms with Crippen molar-refractivity contribution in [3.8, 4) is 5.69 Å². The average molecular weight is 376 g/mol. The lowest BCUT2D eigenvalue weighted by Gasteiger charge is -2.31. The van der Waals surface area contributed by atoms with Crippen LogP contribution in [0.25, 0.3) is 5.69 Å². The second-order valence-electron chi connectivity index (χ2n) is 6.92. The molecule has 140 valence electrons. The second-order valence-corrected chi connectivity index (χ2v) is 7.32. The minimum absolute atomic E-state index is 0.111. The van der Waals surface area contributed by atoms with E-state index in [-0.39, 0.29) is 5.91 Å². The normalized spacial score (nSPS) is 15.5. The third kappa shape index (κ3) is 3.64. The summed E-state index contributed by atoms with van der Waals surface area (Å²) < 4.78 is 1.83. The third-order valence-electron chi connectivity index (χ3n) is 5.23. The molecule has 0 saturated carbocycles. The number of aromatic nitrogens is 2. The summed E-state index contributed by atoms with van der Waals surface area (Å²) in [7, 11) is 0. The summed E-state index contributed by atoms with van der Waals surface area (Å²) in [5.41, 5.74) is 3.33. The van der Waals surface area contributed by atoms with Crippen LogP contribution in [-0.2, 0) is 6.42 Å². The second kappa shape index (κ2) is 8.23. The average Bonchev–Trinajstić information content (AvgIpc) is 2.98. The van der Waals surface area contributed by atoms with Crippen molar-refractivity contribution >= 4 is 17.5 Å². The predicted molar refractivity (Wildman–Crippen MR) is 104 cm³/mol. The summed E-state index contributed by atoms with van der Waals surface area (Å²) in [5, 5.41) is 5.40. The van der Waals surface area contributed by atoms with Crippen molar-refractivity contribution in [1.82, 2.24) is 14.7 Å². The molecule has 0 aliphatic carbocycles. The molecule has 0 bridgehead atoms. The van der Waals surface area contributed by atoms with Crippen LogP contribution in [0, 0.1) is 6.92 Å². The number of carbonyl (C=O) groups is 1. The number of hydrogen-bond donors (Lipinski definition) is 1. The fraction of sp³-hybridized carbons (Fsp3) is 0.500. The molecule has 1 aromatic carbocycles. The van der Waals surface area contributed by atoms with Crippen molar-refractivity contribution in [2.24, 2.45) is 0 Å². The molecular formula is C20H28ClN4O+. The summed E-state index contributed by atoms with van der Waals surface area (Å²) in [4.78, 5) is 16.8. The minimum atomic E-state index is 0.111. The van der Waals surface area contributed by atoms with E-state index in [1.54, 1.807) is 4.90 Å². The van der Waals surface area contributed by atoms with Crippen molar-refractivity contribution in [3.05, 3.63) is 46.2 Å². The standard InChI is InChI=1S/C20H27ClN4O/c1-4-8-17-19(20(26)24-13-11-23(5-2)12-14-24)15(3)25(22-17)18-10-7-6-9-16(18)21/h6-7,9-10H,4-5,8,11-14H2,1-3H3/p+1. The third-order valence-corrected chi connectivity index (χ3v) is 5.55. The van der Waals surface area contributed by atoms with Gasteiger partial charge < -0.3 is 9.80 Å². The van der Waals surface area contributed by atoms with Gasteiger partial charge >= 0.3 is 0 Å². The topological polar surface area (TPSA) is 42.6 Å². The van der Waals surface area contributed by atoms with E-state index >= 15 is 0 Å². The highest BCUT2D eigenvalue weighted by molar-refractivity contribution is 6.32. The Morgan fingerprint density at radius 1 is 1.23 bits per heavy atom. The van der Waals surface area contributed by atoms with Crippen LogP contribution >= 0.6 is 11.6 Å². The van der Waals surface area contributed by atoms with Gasteiger partial charge in [0.25, 0.3) is 5.91 Å². The molecule has 0 unspecified atom stereocenters. The van der Waals surface area contributed by atoms with Gasteiger partial charge in [0.1, 0.15) is 0 Å². The van der Waals surface area contributed by atoms with Gasteiger partial charge in [-0.25, -0.2) is 4.68 Å². The first-order valence-corrected chi connectivity index (χ1v) is 9.90. The number of benzene rings is 1. The number of carbonyl (C=O) groups excluding carboxylic acids is 1. The molecule has 2 aromatic rings. The largest absolute Gasteiger partial charge is 0.332 e. The van der Waals surface area contributed by atoms with Gasteiger partial charge in [-0.3, -0.25) is 4.79 Å². The van der Waals surface area contributed by atoms with E-state index < -0.39 is 0 Å². The molecule has 0 spiro atoms. The summed E-state index contributed by atoms with van der Waals surface area (Å²) in [6.07, 6.45) is 1.74. The van der Waals surface area contributed by atoms with Gasteiger partial charge in [0.15, 0.2) is 0 Å². The summed E-state index contributed by atoms with van der Waals surface area (Å²) >= 11 is 6.37. The van der Waals surface area contributed by atoms with Crippen molar-refractivity contribution in [1.29, 1.82) is 0 Å². The van der Waals surface area contributed by atoms with Crippen molar-refractivity contribution < 1.29 is 9.69 Å². The van der Waals surface area contributed by atoms with Gasteiger partial charge in [-0.1, -0.05) is 37.1 Å². The zero-order valence-corrected chi connectivity index (χ0v) is 16.6. The first-order valence-electron chi connectivity index (χ1n) is 9.53. The minimum Gasteiger partial charge on any atom is -0.332 e. The number of nitrogens with one attached hydrogen (secondary N) is 1. The van der Waals surface area contributed by atoms with Gasteiger partial charge in [0.05, 0.1) is 60.4 Å². The smallest absolute Gasteiger partial charge is 0.258 e. The van der Waals surface area contributed by atoms with Gasteiger partial charge in [-0.2, -0.15) is 5.10 Å². The monoisotopic (exact) mass is 375 g/mol. The SMILES string of the molecule is CCCc1nn(-c2ccccc2Cl)c(C)c1C(=O)N1CC[NH+](CC)CC1. The molecule has 26 heavy (non-hydrogen) atoms. The van der Waals surface area contributed by atoms with Crippen LogP contribution in [0.1, 0.15) is 42.0 Å². The number of hydrogen-bond acceptors (Lipinski definition) is 2. The Balaban J connectivity index is 1.96.